The molecule has 1 aromatic carbocycles. The van der Waals surface area contributed by atoms with E-state index in [1.165, 1.54) is 5.56 Å². The summed E-state index contributed by atoms with van der Waals surface area (Å²) in [5.41, 5.74) is 7.03. The first kappa shape index (κ1) is 13.5. The van der Waals surface area contributed by atoms with Gasteiger partial charge in [0.15, 0.2) is 0 Å². The summed E-state index contributed by atoms with van der Waals surface area (Å²) in [7, 11) is 0. The standard InChI is InChI=1S/C15H20N4/c1-2-3-9-13-17-14(19-15(16)18-13)11-10-12-7-5-4-6-8-12/h4-8H,2-3,9-11H2,1H3,(H2,16,17,18,19). The van der Waals surface area contributed by atoms with Crippen LogP contribution in [0.5, 0.6) is 0 Å². The molecule has 19 heavy (non-hydrogen) atoms. The minimum Gasteiger partial charge on any atom is -0.368 e. The zero-order chi connectivity index (χ0) is 13.5. The van der Waals surface area contributed by atoms with E-state index in [0.29, 0.717) is 5.95 Å². The molecule has 4 heteroatoms. The first-order valence-electron chi connectivity index (χ1n) is 6.81. The number of hydrogen-bond acceptors (Lipinski definition) is 4. The van der Waals surface area contributed by atoms with E-state index < -0.39 is 0 Å². The fourth-order valence-corrected chi connectivity index (χ4v) is 1.95. The Morgan fingerprint density at radius 1 is 0.895 bits per heavy atom. The predicted molar refractivity (Wildman–Crippen MR) is 76.7 cm³/mol. The maximum Gasteiger partial charge on any atom is 0.223 e. The number of nitrogens with zero attached hydrogens (tertiary/aromatic N) is 3. The van der Waals surface area contributed by atoms with Crippen LogP contribution in [0.4, 0.5) is 5.95 Å². The van der Waals surface area contributed by atoms with Crippen LogP contribution in [0.15, 0.2) is 30.3 Å². The second kappa shape index (κ2) is 6.83. The summed E-state index contributed by atoms with van der Waals surface area (Å²) in [6, 6.07) is 10.3. The highest BCUT2D eigenvalue weighted by Crippen LogP contribution is 2.07. The Kier molecular flexibility index (Phi) is 4.84. The van der Waals surface area contributed by atoms with E-state index in [2.05, 4.69) is 34.0 Å². The van der Waals surface area contributed by atoms with Crippen molar-refractivity contribution >= 4 is 5.95 Å². The van der Waals surface area contributed by atoms with Crippen molar-refractivity contribution in [2.75, 3.05) is 5.73 Å². The fourth-order valence-electron chi connectivity index (χ4n) is 1.95. The van der Waals surface area contributed by atoms with Gasteiger partial charge in [-0.15, -0.1) is 0 Å². The number of rotatable bonds is 6. The third-order valence-corrected chi connectivity index (χ3v) is 2.98. The van der Waals surface area contributed by atoms with Crippen LogP contribution in [0.2, 0.25) is 0 Å². The number of anilines is 1. The van der Waals surface area contributed by atoms with Gasteiger partial charge in [0.05, 0.1) is 0 Å². The van der Waals surface area contributed by atoms with Gasteiger partial charge in [-0.2, -0.15) is 9.97 Å². The molecule has 2 aromatic rings. The second-order valence-corrected chi connectivity index (χ2v) is 4.62. The van der Waals surface area contributed by atoms with Crippen LogP contribution in [-0.2, 0) is 19.3 Å². The van der Waals surface area contributed by atoms with Crippen LogP contribution in [0.25, 0.3) is 0 Å². The SMILES string of the molecule is CCCCc1nc(N)nc(CCc2ccccc2)n1. The lowest BCUT2D eigenvalue weighted by Gasteiger charge is -2.05. The van der Waals surface area contributed by atoms with E-state index >= 15 is 0 Å². The smallest absolute Gasteiger partial charge is 0.223 e. The number of aryl methyl sites for hydroxylation is 3. The number of aromatic nitrogens is 3. The van der Waals surface area contributed by atoms with E-state index in [1.807, 2.05) is 18.2 Å². The second-order valence-electron chi connectivity index (χ2n) is 4.62. The minimum absolute atomic E-state index is 0.337. The first-order chi connectivity index (χ1) is 9.28. The molecule has 0 amide bonds. The molecule has 0 aliphatic carbocycles. The molecule has 1 heterocycles. The predicted octanol–water partition coefficient (Wildman–Crippen LogP) is 2.58. The number of nitrogens with two attached hydrogens (primary N) is 1. The Bertz CT molecular complexity index is 511. The van der Waals surface area contributed by atoms with Crippen molar-refractivity contribution in [1.82, 2.24) is 15.0 Å². The lowest BCUT2D eigenvalue weighted by atomic mass is 10.1. The van der Waals surface area contributed by atoms with Crippen molar-refractivity contribution in [3.63, 3.8) is 0 Å². The molecule has 0 spiro atoms. The van der Waals surface area contributed by atoms with Gasteiger partial charge in [0.2, 0.25) is 5.95 Å². The number of unbranched alkanes of at least 4 members (excludes halogenated alkanes) is 1. The quantitative estimate of drug-likeness (QED) is 0.862. The van der Waals surface area contributed by atoms with Crippen molar-refractivity contribution in [1.29, 1.82) is 0 Å². The lowest BCUT2D eigenvalue weighted by molar-refractivity contribution is 0.725. The maximum absolute atomic E-state index is 5.74. The average molecular weight is 256 g/mol. The molecular formula is C15H20N4. The lowest BCUT2D eigenvalue weighted by Crippen LogP contribution is -2.08. The van der Waals surface area contributed by atoms with Gasteiger partial charge in [-0.3, -0.25) is 0 Å². The van der Waals surface area contributed by atoms with E-state index in [4.69, 9.17) is 5.73 Å². The molecule has 0 atom stereocenters. The summed E-state index contributed by atoms with van der Waals surface area (Å²) in [6.07, 6.45) is 4.82. The first-order valence-corrected chi connectivity index (χ1v) is 6.81. The molecule has 0 fully saturated rings. The molecule has 2 rings (SSSR count). The van der Waals surface area contributed by atoms with Gasteiger partial charge in [0, 0.05) is 12.8 Å². The molecule has 0 saturated heterocycles. The third-order valence-electron chi connectivity index (χ3n) is 2.98. The largest absolute Gasteiger partial charge is 0.368 e. The Balaban J connectivity index is 2.01. The van der Waals surface area contributed by atoms with Crippen LogP contribution in [0.3, 0.4) is 0 Å². The van der Waals surface area contributed by atoms with Crippen LogP contribution < -0.4 is 5.73 Å². The summed E-state index contributed by atoms with van der Waals surface area (Å²) >= 11 is 0. The highest BCUT2D eigenvalue weighted by atomic mass is 15.1. The summed E-state index contributed by atoms with van der Waals surface area (Å²) in [6.45, 7) is 2.15. The summed E-state index contributed by atoms with van der Waals surface area (Å²) in [4.78, 5) is 12.9. The van der Waals surface area contributed by atoms with Crippen LogP contribution in [0, 0.1) is 0 Å². The van der Waals surface area contributed by atoms with Crippen molar-refractivity contribution < 1.29 is 0 Å². The highest BCUT2D eigenvalue weighted by Gasteiger charge is 2.04. The number of nitrogen functional groups attached to an aromatic ring is 1. The van der Waals surface area contributed by atoms with Crippen molar-refractivity contribution in [2.24, 2.45) is 0 Å². The molecule has 0 bridgehead atoms. The van der Waals surface area contributed by atoms with Crippen molar-refractivity contribution in [3.8, 4) is 0 Å². The van der Waals surface area contributed by atoms with Gasteiger partial charge in [0.1, 0.15) is 11.6 Å². The van der Waals surface area contributed by atoms with E-state index in [0.717, 1.165) is 43.8 Å². The topological polar surface area (TPSA) is 64.7 Å². The zero-order valence-corrected chi connectivity index (χ0v) is 11.3. The molecule has 0 unspecified atom stereocenters. The van der Waals surface area contributed by atoms with Gasteiger partial charge < -0.3 is 5.73 Å². The normalized spacial score (nSPS) is 10.6. The third kappa shape index (κ3) is 4.32. The van der Waals surface area contributed by atoms with Gasteiger partial charge in [0.25, 0.3) is 0 Å². The zero-order valence-electron chi connectivity index (χ0n) is 11.3. The Labute approximate surface area is 114 Å². The molecule has 0 radical (unpaired) electrons. The Hall–Kier alpha value is -1.97. The van der Waals surface area contributed by atoms with Crippen molar-refractivity contribution in [3.05, 3.63) is 47.5 Å². The van der Waals surface area contributed by atoms with Crippen LogP contribution in [0.1, 0.15) is 37.0 Å². The van der Waals surface area contributed by atoms with E-state index in [1.54, 1.807) is 0 Å². The molecular weight excluding hydrogens is 236 g/mol. The van der Waals surface area contributed by atoms with Gasteiger partial charge in [-0.05, 0) is 18.4 Å². The van der Waals surface area contributed by atoms with Crippen molar-refractivity contribution in [2.45, 2.75) is 39.0 Å². The molecule has 1 aromatic heterocycles. The van der Waals surface area contributed by atoms with Crippen LogP contribution >= 0.6 is 0 Å². The number of hydrogen-bond donors (Lipinski definition) is 1. The molecule has 0 aliphatic heterocycles. The molecule has 0 saturated carbocycles. The maximum atomic E-state index is 5.74. The molecule has 0 aliphatic rings. The summed E-state index contributed by atoms with van der Waals surface area (Å²) < 4.78 is 0. The monoisotopic (exact) mass is 256 g/mol. The molecule has 2 N–H and O–H groups in total. The van der Waals surface area contributed by atoms with E-state index in [-0.39, 0.29) is 0 Å². The Morgan fingerprint density at radius 2 is 1.58 bits per heavy atom. The van der Waals surface area contributed by atoms with Gasteiger partial charge in [-0.1, -0.05) is 43.7 Å². The number of benzene rings is 1. The summed E-state index contributed by atoms with van der Waals surface area (Å²) in [5, 5.41) is 0. The van der Waals surface area contributed by atoms with Gasteiger partial charge in [-0.25, -0.2) is 4.98 Å². The highest BCUT2D eigenvalue weighted by molar-refractivity contribution is 5.18. The average Bonchev–Trinajstić information content (AvgIpc) is 2.43. The fraction of sp³-hybridized carbons (Fsp3) is 0.400. The Morgan fingerprint density at radius 3 is 2.26 bits per heavy atom. The molecule has 4 nitrogen and oxygen atoms in total. The van der Waals surface area contributed by atoms with Gasteiger partial charge >= 0.3 is 0 Å². The minimum atomic E-state index is 0.337. The van der Waals surface area contributed by atoms with Crippen LogP contribution in [-0.4, -0.2) is 15.0 Å². The van der Waals surface area contributed by atoms with E-state index in [9.17, 15) is 0 Å². The summed E-state index contributed by atoms with van der Waals surface area (Å²) in [5.74, 6) is 1.95. The molecule has 100 valence electrons.